The molecule has 1 aliphatic rings. The summed E-state index contributed by atoms with van der Waals surface area (Å²) in [7, 11) is 0. The van der Waals surface area contributed by atoms with Gasteiger partial charge in [-0.05, 0) is 37.6 Å². The Balaban J connectivity index is 1.99. The topological polar surface area (TPSA) is 55.4 Å². The van der Waals surface area contributed by atoms with Crippen LogP contribution in [0.4, 0.5) is 4.79 Å². The molecule has 1 saturated heterocycles. The highest BCUT2D eigenvalue weighted by Gasteiger charge is 2.24. The van der Waals surface area contributed by atoms with Gasteiger partial charge in [0.15, 0.2) is 0 Å². The minimum absolute atomic E-state index is 0.149. The Labute approximate surface area is 121 Å². The van der Waals surface area contributed by atoms with Crippen LogP contribution in [0.5, 0.6) is 5.75 Å². The summed E-state index contributed by atoms with van der Waals surface area (Å²) in [5.41, 5.74) is 1.30. The maximum absolute atomic E-state index is 11.3. The van der Waals surface area contributed by atoms with Crippen molar-refractivity contribution >= 4 is 28.2 Å². The van der Waals surface area contributed by atoms with Gasteiger partial charge >= 0.3 is 0 Å². The highest BCUT2D eigenvalue weighted by atomic mass is 32.2. The minimum atomic E-state index is -0.329. The van der Waals surface area contributed by atoms with E-state index in [0.29, 0.717) is 17.5 Å². The number of ether oxygens (including phenoxy) is 1. The largest absolute Gasteiger partial charge is 0.491 e. The van der Waals surface area contributed by atoms with Crippen molar-refractivity contribution in [2.45, 2.75) is 20.0 Å². The van der Waals surface area contributed by atoms with E-state index in [-0.39, 0.29) is 16.5 Å². The Morgan fingerprint density at radius 2 is 1.90 bits per heavy atom. The number of hydrogen-bond donors (Lipinski definition) is 1. The van der Waals surface area contributed by atoms with Gasteiger partial charge < -0.3 is 10.1 Å². The number of allylic oxidation sites excluding steroid dienone is 2. The summed E-state index contributed by atoms with van der Waals surface area (Å²) < 4.78 is 5.55. The van der Waals surface area contributed by atoms with Crippen LogP contribution in [0, 0.1) is 0 Å². The van der Waals surface area contributed by atoms with Crippen LogP contribution in [0.3, 0.4) is 0 Å². The molecule has 0 radical (unpaired) electrons. The number of rotatable bonds is 4. The molecule has 5 heteroatoms. The molecule has 0 unspecified atom stereocenters. The third-order valence-corrected chi connectivity index (χ3v) is 3.14. The number of carbonyl (C=O) groups excluding carboxylic acids is 2. The van der Waals surface area contributed by atoms with Gasteiger partial charge in [-0.3, -0.25) is 9.59 Å². The summed E-state index contributed by atoms with van der Waals surface area (Å²) in [4.78, 5) is 22.3. The molecule has 1 amide bonds. The fourth-order valence-electron chi connectivity index (χ4n) is 1.62. The molecule has 0 aliphatic carbocycles. The monoisotopic (exact) mass is 289 g/mol. The number of benzene rings is 1. The van der Waals surface area contributed by atoms with Crippen molar-refractivity contribution in [2.75, 3.05) is 0 Å². The fourth-order valence-corrected chi connectivity index (χ4v) is 2.18. The SMILES string of the molecule is CC(C)Oc1ccc(C=CC=C2NC(=O)SC2=O)cc1. The Kier molecular flexibility index (Phi) is 4.63. The molecule has 1 heterocycles. The number of nitrogens with one attached hydrogen (secondary N) is 1. The lowest BCUT2D eigenvalue weighted by molar-refractivity contribution is -0.107. The van der Waals surface area contributed by atoms with E-state index < -0.39 is 0 Å². The van der Waals surface area contributed by atoms with E-state index in [2.05, 4.69) is 5.32 Å². The van der Waals surface area contributed by atoms with Gasteiger partial charge in [0.2, 0.25) is 5.12 Å². The Hall–Kier alpha value is -2.01. The van der Waals surface area contributed by atoms with Crippen molar-refractivity contribution < 1.29 is 14.3 Å². The summed E-state index contributed by atoms with van der Waals surface area (Å²) in [5.74, 6) is 0.824. The number of thioether (sulfide) groups is 1. The second kappa shape index (κ2) is 6.43. The summed E-state index contributed by atoms with van der Waals surface area (Å²) in [5, 5.41) is 1.91. The predicted octanol–water partition coefficient (Wildman–Crippen LogP) is 3.35. The highest BCUT2D eigenvalue weighted by molar-refractivity contribution is 8.27. The van der Waals surface area contributed by atoms with Gasteiger partial charge in [0.1, 0.15) is 5.75 Å². The maximum Gasteiger partial charge on any atom is 0.291 e. The van der Waals surface area contributed by atoms with E-state index in [1.807, 2.05) is 44.2 Å². The summed E-state index contributed by atoms with van der Waals surface area (Å²) in [6, 6.07) is 7.64. The second-order valence-electron chi connectivity index (χ2n) is 4.48. The van der Waals surface area contributed by atoms with Crippen molar-refractivity contribution in [1.82, 2.24) is 5.32 Å². The summed E-state index contributed by atoms with van der Waals surface area (Å²) >= 11 is 0.675. The standard InChI is InChI=1S/C15H15NO3S/c1-10(2)19-12-8-6-11(7-9-12)4-3-5-13-14(17)20-15(18)16-13/h3-10H,1-2H3,(H,16,18). The average molecular weight is 289 g/mol. The summed E-state index contributed by atoms with van der Waals surface area (Å²) in [6.45, 7) is 3.95. The molecule has 0 spiro atoms. The van der Waals surface area contributed by atoms with E-state index in [4.69, 9.17) is 4.74 Å². The van der Waals surface area contributed by atoms with Crippen LogP contribution in [0.25, 0.3) is 6.08 Å². The van der Waals surface area contributed by atoms with E-state index >= 15 is 0 Å². The van der Waals surface area contributed by atoms with E-state index in [1.165, 1.54) is 0 Å². The third-order valence-electron chi connectivity index (χ3n) is 2.45. The molecule has 1 aromatic carbocycles. The van der Waals surface area contributed by atoms with Gasteiger partial charge in [0.05, 0.1) is 11.8 Å². The van der Waals surface area contributed by atoms with Crippen LogP contribution in [0.2, 0.25) is 0 Å². The van der Waals surface area contributed by atoms with E-state index in [0.717, 1.165) is 11.3 Å². The lowest BCUT2D eigenvalue weighted by atomic mass is 10.2. The average Bonchev–Trinajstić information content (AvgIpc) is 2.69. The molecular weight excluding hydrogens is 274 g/mol. The van der Waals surface area contributed by atoms with Crippen LogP contribution < -0.4 is 10.1 Å². The van der Waals surface area contributed by atoms with Gasteiger partial charge in [-0.2, -0.15) is 0 Å². The Bertz CT molecular complexity index is 573. The molecule has 1 fully saturated rings. The van der Waals surface area contributed by atoms with Gasteiger partial charge in [0.25, 0.3) is 5.24 Å². The third kappa shape index (κ3) is 3.99. The second-order valence-corrected chi connectivity index (χ2v) is 5.42. The van der Waals surface area contributed by atoms with Gasteiger partial charge in [-0.1, -0.05) is 24.3 Å². The lowest BCUT2D eigenvalue weighted by Crippen LogP contribution is -2.10. The zero-order valence-corrected chi connectivity index (χ0v) is 12.1. The zero-order chi connectivity index (χ0) is 14.5. The molecule has 1 aliphatic heterocycles. The number of hydrogen-bond acceptors (Lipinski definition) is 4. The Morgan fingerprint density at radius 3 is 2.45 bits per heavy atom. The van der Waals surface area contributed by atoms with E-state index in [1.54, 1.807) is 12.2 Å². The minimum Gasteiger partial charge on any atom is -0.491 e. The molecule has 104 valence electrons. The quantitative estimate of drug-likeness (QED) is 0.864. The number of amides is 1. The molecule has 0 atom stereocenters. The van der Waals surface area contributed by atoms with Crippen LogP contribution in [0.15, 0.2) is 42.1 Å². The fraction of sp³-hybridized carbons (Fsp3) is 0.200. The molecule has 0 saturated carbocycles. The maximum atomic E-state index is 11.3. The van der Waals surface area contributed by atoms with Crippen molar-refractivity contribution in [3.63, 3.8) is 0 Å². The molecule has 20 heavy (non-hydrogen) atoms. The van der Waals surface area contributed by atoms with Gasteiger partial charge in [0, 0.05) is 11.8 Å². The first kappa shape index (κ1) is 14.4. The van der Waals surface area contributed by atoms with Crippen molar-refractivity contribution in [2.24, 2.45) is 0 Å². The van der Waals surface area contributed by atoms with Crippen molar-refractivity contribution in [1.29, 1.82) is 0 Å². The lowest BCUT2D eigenvalue weighted by Gasteiger charge is -2.09. The highest BCUT2D eigenvalue weighted by Crippen LogP contribution is 2.18. The molecule has 0 bridgehead atoms. The van der Waals surface area contributed by atoms with Crippen LogP contribution in [-0.2, 0) is 4.79 Å². The molecule has 4 nitrogen and oxygen atoms in total. The smallest absolute Gasteiger partial charge is 0.291 e. The van der Waals surface area contributed by atoms with Crippen LogP contribution in [0.1, 0.15) is 19.4 Å². The normalized spacial score (nSPS) is 17.2. The molecule has 0 aromatic heterocycles. The van der Waals surface area contributed by atoms with Crippen molar-refractivity contribution in [3.8, 4) is 5.75 Å². The summed E-state index contributed by atoms with van der Waals surface area (Å²) in [6.07, 6.45) is 5.33. The van der Waals surface area contributed by atoms with E-state index in [9.17, 15) is 9.59 Å². The van der Waals surface area contributed by atoms with Crippen LogP contribution >= 0.6 is 11.8 Å². The molecule has 1 N–H and O–H groups in total. The first-order valence-electron chi connectivity index (χ1n) is 6.23. The molecule has 1 aromatic rings. The first-order valence-corrected chi connectivity index (χ1v) is 7.04. The first-order chi connectivity index (χ1) is 9.54. The zero-order valence-electron chi connectivity index (χ0n) is 11.3. The Morgan fingerprint density at radius 1 is 1.20 bits per heavy atom. The van der Waals surface area contributed by atoms with Crippen LogP contribution in [-0.4, -0.2) is 16.5 Å². The predicted molar refractivity (Wildman–Crippen MR) is 80.5 cm³/mol. The van der Waals surface area contributed by atoms with Gasteiger partial charge in [-0.15, -0.1) is 0 Å². The number of carbonyl (C=O) groups is 2. The van der Waals surface area contributed by atoms with Gasteiger partial charge in [-0.25, -0.2) is 0 Å². The molecule has 2 rings (SSSR count). The molecular formula is C15H15NO3S. The van der Waals surface area contributed by atoms with Crippen molar-refractivity contribution in [3.05, 3.63) is 47.7 Å².